The number of nitrogens with two attached hydrogens (primary N) is 1. The average Bonchev–Trinajstić information content (AvgIpc) is 2.79. The largest absolute Gasteiger partial charge is 0.349 e. The van der Waals surface area contributed by atoms with E-state index in [0.29, 0.717) is 23.0 Å². The summed E-state index contributed by atoms with van der Waals surface area (Å²) >= 11 is 9.43. The van der Waals surface area contributed by atoms with Crippen LogP contribution in [0.3, 0.4) is 0 Å². The lowest BCUT2D eigenvalue weighted by Gasteiger charge is -2.19. The van der Waals surface area contributed by atoms with Gasteiger partial charge in [0, 0.05) is 10.5 Å². The molecule has 0 saturated heterocycles. The maximum Gasteiger partial charge on any atom is 0.253 e. The van der Waals surface area contributed by atoms with Gasteiger partial charge in [-0.05, 0) is 53.4 Å². The Morgan fingerprint density at radius 1 is 1.50 bits per heavy atom. The maximum absolute atomic E-state index is 12.2. The fraction of sp³-hybridized carbons (Fsp3) is 0.462. The molecule has 1 saturated carbocycles. The standard InChI is InChI=1S/C13H16BrClN2O/c14-10-5-2-4-9(12(10)15)13(18)17-11-6-1-3-8(11)7-16/h2,4-5,8,11H,1,3,6-7,16H2,(H,17,18). The fourth-order valence-electron chi connectivity index (χ4n) is 2.43. The van der Waals surface area contributed by atoms with Gasteiger partial charge < -0.3 is 11.1 Å². The summed E-state index contributed by atoms with van der Waals surface area (Å²) in [5.74, 6) is 0.270. The first kappa shape index (κ1) is 13.8. The van der Waals surface area contributed by atoms with Gasteiger partial charge in [0.1, 0.15) is 0 Å². The first-order chi connectivity index (χ1) is 8.63. The summed E-state index contributed by atoms with van der Waals surface area (Å²) in [5.41, 5.74) is 6.22. The van der Waals surface area contributed by atoms with Crippen molar-refractivity contribution in [2.75, 3.05) is 6.54 Å². The minimum absolute atomic E-state index is 0.119. The van der Waals surface area contributed by atoms with Gasteiger partial charge in [-0.25, -0.2) is 0 Å². The normalized spacial score (nSPS) is 23.1. The number of rotatable bonds is 3. The molecule has 98 valence electrons. The van der Waals surface area contributed by atoms with E-state index in [-0.39, 0.29) is 11.9 Å². The van der Waals surface area contributed by atoms with Crippen LogP contribution in [0.2, 0.25) is 5.02 Å². The molecule has 0 radical (unpaired) electrons. The SMILES string of the molecule is NCC1CCCC1NC(=O)c1cccc(Br)c1Cl. The molecule has 18 heavy (non-hydrogen) atoms. The van der Waals surface area contributed by atoms with E-state index in [1.54, 1.807) is 12.1 Å². The minimum atomic E-state index is -0.119. The Balaban J connectivity index is 2.10. The van der Waals surface area contributed by atoms with E-state index in [1.807, 2.05) is 6.07 Å². The zero-order chi connectivity index (χ0) is 13.1. The first-order valence-corrected chi connectivity index (χ1v) is 7.25. The second-order valence-electron chi connectivity index (χ2n) is 4.61. The quantitative estimate of drug-likeness (QED) is 0.894. The van der Waals surface area contributed by atoms with Crippen molar-refractivity contribution in [1.29, 1.82) is 0 Å². The number of hydrogen-bond acceptors (Lipinski definition) is 2. The molecular weight excluding hydrogens is 316 g/mol. The lowest BCUT2D eigenvalue weighted by molar-refractivity contribution is 0.0929. The lowest BCUT2D eigenvalue weighted by Crippen LogP contribution is -2.39. The van der Waals surface area contributed by atoms with Crippen LogP contribution in [0.5, 0.6) is 0 Å². The molecule has 0 aromatic heterocycles. The van der Waals surface area contributed by atoms with Gasteiger partial charge in [-0.3, -0.25) is 4.79 Å². The molecule has 1 aromatic carbocycles. The molecule has 1 aliphatic carbocycles. The van der Waals surface area contributed by atoms with Gasteiger partial charge in [0.2, 0.25) is 0 Å². The van der Waals surface area contributed by atoms with E-state index in [1.165, 1.54) is 0 Å². The van der Waals surface area contributed by atoms with Crippen molar-refractivity contribution in [3.63, 3.8) is 0 Å². The summed E-state index contributed by atoms with van der Waals surface area (Å²) in [4.78, 5) is 12.2. The fourth-order valence-corrected chi connectivity index (χ4v) is 3.01. The Hall–Kier alpha value is -0.580. The van der Waals surface area contributed by atoms with E-state index in [9.17, 15) is 4.79 Å². The van der Waals surface area contributed by atoms with Crippen molar-refractivity contribution in [3.05, 3.63) is 33.3 Å². The second-order valence-corrected chi connectivity index (χ2v) is 5.84. The highest BCUT2D eigenvalue weighted by Gasteiger charge is 2.28. The van der Waals surface area contributed by atoms with Crippen molar-refractivity contribution >= 4 is 33.4 Å². The predicted octanol–water partition coefficient (Wildman–Crippen LogP) is 2.96. The number of amides is 1. The molecule has 1 amide bonds. The van der Waals surface area contributed by atoms with Gasteiger partial charge in [0.15, 0.2) is 0 Å². The molecule has 0 aliphatic heterocycles. The number of hydrogen-bond donors (Lipinski definition) is 2. The number of nitrogens with one attached hydrogen (secondary N) is 1. The van der Waals surface area contributed by atoms with Crippen LogP contribution in [-0.4, -0.2) is 18.5 Å². The third-order valence-electron chi connectivity index (χ3n) is 3.47. The molecule has 1 aromatic rings. The molecule has 3 N–H and O–H groups in total. The van der Waals surface area contributed by atoms with Gasteiger partial charge >= 0.3 is 0 Å². The first-order valence-electron chi connectivity index (χ1n) is 6.08. The molecule has 2 unspecified atom stereocenters. The average molecular weight is 332 g/mol. The van der Waals surface area contributed by atoms with Gasteiger partial charge in [0.05, 0.1) is 10.6 Å². The summed E-state index contributed by atoms with van der Waals surface area (Å²) in [6.07, 6.45) is 3.21. The Kier molecular flexibility index (Phi) is 4.65. The van der Waals surface area contributed by atoms with Gasteiger partial charge in [-0.1, -0.05) is 24.1 Å². The zero-order valence-electron chi connectivity index (χ0n) is 9.96. The van der Waals surface area contributed by atoms with Crippen molar-refractivity contribution in [1.82, 2.24) is 5.32 Å². The Morgan fingerprint density at radius 2 is 2.28 bits per heavy atom. The Morgan fingerprint density at radius 3 is 3.00 bits per heavy atom. The van der Waals surface area contributed by atoms with Crippen LogP contribution in [0.4, 0.5) is 0 Å². The van der Waals surface area contributed by atoms with Crippen LogP contribution < -0.4 is 11.1 Å². The van der Waals surface area contributed by atoms with E-state index in [2.05, 4.69) is 21.2 Å². The van der Waals surface area contributed by atoms with Gasteiger partial charge in [0.25, 0.3) is 5.91 Å². The monoisotopic (exact) mass is 330 g/mol. The van der Waals surface area contributed by atoms with Crippen molar-refractivity contribution in [3.8, 4) is 0 Å². The topological polar surface area (TPSA) is 55.1 Å². The highest BCUT2D eigenvalue weighted by atomic mass is 79.9. The summed E-state index contributed by atoms with van der Waals surface area (Å²) < 4.78 is 0.735. The minimum Gasteiger partial charge on any atom is -0.349 e. The predicted molar refractivity (Wildman–Crippen MR) is 76.8 cm³/mol. The molecule has 3 nitrogen and oxygen atoms in total. The summed E-state index contributed by atoms with van der Waals surface area (Å²) in [6, 6.07) is 5.53. The molecule has 2 rings (SSSR count). The van der Waals surface area contributed by atoms with Crippen molar-refractivity contribution in [2.45, 2.75) is 25.3 Å². The van der Waals surface area contributed by atoms with Gasteiger partial charge in [-0.15, -0.1) is 0 Å². The van der Waals surface area contributed by atoms with Crippen LogP contribution in [0.15, 0.2) is 22.7 Å². The molecule has 5 heteroatoms. The second kappa shape index (κ2) is 6.04. The van der Waals surface area contributed by atoms with Crippen LogP contribution in [0.1, 0.15) is 29.6 Å². The maximum atomic E-state index is 12.2. The van der Waals surface area contributed by atoms with E-state index in [0.717, 1.165) is 23.7 Å². The summed E-state index contributed by atoms with van der Waals surface area (Å²) in [6.45, 7) is 0.622. The van der Waals surface area contributed by atoms with Crippen molar-refractivity contribution in [2.24, 2.45) is 11.7 Å². The van der Waals surface area contributed by atoms with Crippen molar-refractivity contribution < 1.29 is 4.79 Å². The highest BCUT2D eigenvalue weighted by molar-refractivity contribution is 9.10. The Labute approximate surface area is 120 Å². The number of carbonyl (C=O) groups is 1. The van der Waals surface area contributed by atoms with E-state index >= 15 is 0 Å². The number of benzene rings is 1. The zero-order valence-corrected chi connectivity index (χ0v) is 12.3. The molecule has 1 aliphatic rings. The van der Waals surface area contributed by atoms with Crippen LogP contribution in [0, 0.1) is 5.92 Å². The third-order valence-corrected chi connectivity index (χ3v) is 4.77. The van der Waals surface area contributed by atoms with E-state index < -0.39 is 0 Å². The molecule has 0 spiro atoms. The van der Waals surface area contributed by atoms with Crippen LogP contribution in [-0.2, 0) is 0 Å². The number of carbonyl (C=O) groups excluding carboxylic acids is 1. The smallest absolute Gasteiger partial charge is 0.253 e. The van der Waals surface area contributed by atoms with Gasteiger partial charge in [-0.2, -0.15) is 0 Å². The summed E-state index contributed by atoms with van der Waals surface area (Å²) in [7, 11) is 0. The third kappa shape index (κ3) is 2.87. The van der Waals surface area contributed by atoms with Crippen LogP contribution >= 0.6 is 27.5 Å². The highest BCUT2D eigenvalue weighted by Crippen LogP contribution is 2.28. The molecule has 2 atom stereocenters. The molecule has 0 heterocycles. The molecular formula is C13H16BrClN2O. The Bertz CT molecular complexity index is 453. The van der Waals surface area contributed by atoms with E-state index in [4.69, 9.17) is 17.3 Å². The molecule has 0 bridgehead atoms. The number of halogens is 2. The summed E-state index contributed by atoms with van der Waals surface area (Å²) in [5, 5.41) is 3.50. The van der Waals surface area contributed by atoms with Crippen LogP contribution in [0.25, 0.3) is 0 Å². The lowest BCUT2D eigenvalue weighted by atomic mass is 10.0. The molecule has 1 fully saturated rings.